The number of benzene rings is 1. The Hall–Kier alpha value is -3.88. The molecule has 1 aromatic carbocycles. The number of carbonyl (C=O) groups is 4. The van der Waals surface area contributed by atoms with Crippen LogP contribution in [0.15, 0.2) is 40.9 Å². The summed E-state index contributed by atoms with van der Waals surface area (Å²) in [5.41, 5.74) is 0.883. The van der Waals surface area contributed by atoms with Gasteiger partial charge in [-0.15, -0.1) is 0 Å². The topological polar surface area (TPSA) is 132 Å². The summed E-state index contributed by atoms with van der Waals surface area (Å²) in [5.74, 6) is -2.81. The number of nitrogens with one attached hydrogen (secondary N) is 1. The number of nitrogens with zero attached hydrogens (tertiary/aromatic N) is 2. The largest absolute Gasteiger partial charge is 0.459 e. The van der Waals surface area contributed by atoms with E-state index in [1.54, 1.807) is 12.1 Å². The summed E-state index contributed by atoms with van der Waals surface area (Å²) in [5, 5.41) is 9.64. The van der Waals surface area contributed by atoms with Gasteiger partial charge in [-0.3, -0.25) is 19.2 Å². The normalized spacial score (nSPS) is 12.4. The third kappa shape index (κ3) is 2.95. The zero-order valence-electron chi connectivity index (χ0n) is 13.7. The van der Waals surface area contributed by atoms with Crippen LogP contribution >= 0.6 is 0 Å². The highest BCUT2D eigenvalue weighted by atomic mass is 16.5. The molecule has 27 heavy (non-hydrogen) atoms. The summed E-state index contributed by atoms with van der Waals surface area (Å²) < 4.78 is 10.2. The van der Waals surface area contributed by atoms with Crippen LogP contribution in [-0.2, 0) is 16.1 Å². The van der Waals surface area contributed by atoms with Crippen molar-refractivity contribution in [3.8, 4) is 0 Å². The van der Waals surface area contributed by atoms with E-state index in [2.05, 4.69) is 15.4 Å². The second kappa shape index (κ2) is 6.45. The van der Waals surface area contributed by atoms with Gasteiger partial charge in [-0.25, -0.2) is 0 Å². The average Bonchev–Trinajstić information content (AvgIpc) is 3.34. The molecule has 0 radical (unpaired) electrons. The maximum atomic E-state index is 12.5. The van der Waals surface area contributed by atoms with Crippen LogP contribution in [0.1, 0.15) is 54.7 Å². The van der Waals surface area contributed by atoms with E-state index in [9.17, 15) is 19.2 Å². The highest BCUT2D eigenvalue weighted by Crippen LogP contribution is 2.30. The van der Waals surface area contributed by atoms with E-state index in [1.165, 1.54) is 24.4 Å². The number of rotatable bonds is 5. The minimum absolute atomic E-state index is 0.0121. The van der Waals surface area contributed by atoms with E-state index in [-0.39, 0.29) is 34.8 Å². The van der Waals surface area contributed by atoms with E-state index < -0.39 is 29.7 Å². The minimum atomic E-state index is -0.793. The Morgan fingerprint density at radius 3 is 2.52 bits per heavy atom. The van der Waals surface area contributed by atoms with Gasteiger partial charge in [0.05, 0.1) is 11.8 Å². The molecule has 9 heteroatoms. The molecule has 1 aliphatic carbocycles. The van der Waals surface area contributed by atoms with Crippen LogP contribution in [0.3, 0.4) is 0 Å². The van der Waals surface area contributed by atoms with Crippen LogP contribution in [0.5, 0.6) is 0 Å². The fourth-order valence-electron chi connectivity index (χ4n) is 2.73. The summed E-state index contributed by atoms with van der Waals surface area (Å²) in [4.78, 5) is 49.1. The van der Waals surface area contributed by atoms with Crippen molar-refractivity contribution in [1.29, 1.82) is 0 Å². The number of ketones is 3. The summed E-state index contributed by atoms with van der Waals surface area (Å²) in [6, 6.07) is 7.53. The number of fused-ring (bicyclic) bond motifs is 2. The Bertz CT molecular complexity index is 1030. The van der Waals surface area contributed by atoms with E-state index in [0.717, 1.165) is 0 Å². The zero-order chi connectivity index (χ0) is 19.0. The van der Waals surface area contributed by atoms with Gasteiger partial charge in [0.25, 0.3) is 0 Å². The first-order chi connectivity index (χ1) is 13.0. The molecule has 2 heterocycles. The molecule has 0 spiro atoms. The van der Waals surface area contributed by atoms with Crippen molar-refractivity contribution >= 4 is 23.3 Å². The van der Waals surface area contributed by atoms with Crippen molar-refractivity contribution < 1.29 is 28.3 Å². The van der Waals surface area contributed by atoms with Crippen molar-refractivity contribution in [3.63, 3.8) is 0 Å². The number of furan rings is 1. The molecule has 0 saturated heterocycles. The Balaban J connectivity index is 1.51. The van der Waals surface area contributed by atoms with Gasteiger partial charge in [-0.2, -0.15) is 15.4 Å². The number of hydrogen-bond donors (Lipinski definition) is 1. The quantitative estimate of drug-likeness (QED) is 0.319. The van der Waals surface area contributed by atoms with Gasteiger partial charge in [-0.05, 0) is 6.07 Å². The Morgan fingerprint density at radius 1 is 1.07 bits per heavy atom. The van der Waals surface area contributed by atoms with E-state index in [4.69, 9.17) is 9.15 Å². The third-order valence-corrected chi connectivity index (χ3v) is 4.02. The summed E-state index contributed by atoms with van der Waals surface area (Å²) >= 11 is 0. The van der Waals surface area contributed by atoms with Gasteiger partial charge in [0.15, 0.2) is 17.3 Å². The molecule has 3 aromatic rings. The van der Waals surface area contributed by atoms with Gasteiger partial charge < -0.3 is 9.15 Å². The first kappa shape index (κ1) is 16.6. The van der Waals surface area contributed by atoms with Crippen LogP contribution in [0.4, 0.5) is 0 Å². The van der Waals surface area contributed by atoms with E-state index in [1.807, 2.05) is 0 Å². The first-order valence-corrected chi connectivity index (χ1v) is 7.90. The maximum absolute atomic E-state index is 12.5. The Morgan fingerprint density at radius 2 is 1.81 bits per heavy atom. The number of hydrogen-bond acceptors (Lipinski definition) is 8. The van der Waals surface area contributed by atoms with Gasteiger partial charge >= 0.3 is 5.97 Å². The van der Waals surface area contributed by atoms with Crippen molar-refractivity contribution in [2.45, 2.75) is 13.0 Å². The fraction of sp³-hybridized carbons (Fsp3) is 0.111. The fourth-order valence-corrected chi connectivity index (χ4v) is 2.73. The molecule has 0 bridgehead atoms. The summed E-state index contributed by atoms with van der Waals surface area (Å²) in [6.07, 6.45) is 0.782. The van der Waals surface area contributed by atoms with E-state index in [0.29, 0.717) is 5.69 Å². The molecule has 0 unspecified atom stereocenters. The molecule has 0 saturated carbocycles. The first-order valence-electron chi connectivity index (χ1n) is 7.90. The van der Waals surface area contributed by atoms with Gasteiger partial charge in [0, 0.05) is 11.1 Å². The van der Waals surface area contributed by atoms with Crippen molar-refractivity contribution in [2.24, 2.45) is 0 Å². The van der Waals surface area contributed by atoms with Crippen molar-refractivity contribution in [2.75, 3.05) is 0 Å². The van der Waals surface area contributed by atoms with Crippen LogP contribution < -0.4 is 0 Å². The van der Waals surface area contributed by atoms with Crippen LogP contribution in [0.2, 0.25) is 0 Å². The predicted molar refractivity (Wildman–Crippen MR) is 87.1 cm³/mol. The van der Waals surface area contributed by atoms with Crippen molar-refractivity contribution in [3.05, 3.63) is 70.4 Å². The molecule has 0 fully saturated rings. The molecular weight excluding hydrogens is 354 g/mol. The second-order valence-corrected chi connectivity index (χ2v) is 5.78. The monoisotopic (exact) mass is 365 g/mol. The average molecular weight is 365 g/mol. The number of esters is 1. The minimum Gasteiger partial charge on any atom is -0.459 e. The molecule has 9 nitrogen and oxygen atoms in total. The number of Topliss-reactive ketones (excluding diaryl/α,β-unsaturated/α-hetero) is 1. The molecule has 4 rings (SSSR count). The number of aromatic amines is 1. The molecular formula is C18H11N3O6. The van der Waals surface area contributed by atoms with Gasteiger partial charge in [0.1, 0.15) is 18.7 Å². The molecule has 1 N–H and O–H groups in total. The zero-order valence-corrected chi connectivity index (χ0v) is 13.7. The number of H-pyrrole nitrogens is 1. The standard InChI is InChI=1S/C18H11N3O6/c22-13(6-15(23)26-8-9-7-19-21-20-9)14-5-12-16(24)10-3-1-2-4-11(10)17(25)18(12)27-14/h1-5,7H,6,8H2,(H,19,20,21). The smallest absolute Gasteiger partial charge is 0.314 e. The molecule has 0 atom stereocenters. The third-order valence-electron chi connectivity index (χ3n) is 4.02. The maximum Gasteiger partial charge on any atom is 0.314 e. The van der Waals surface area contributed by atoms with Gasteiger partial charge in [-0.1, -0.05) is 24.3 Å². The lowest BCUT2D eigenvalue weighted by atomic mass is 9.88. The SMILES string of the molecule is O=C(CC(=O)c1cc2c(o1)C(=O)c1ccccc1C2=O)OCc1cn[nH]n1. The predicted octanol–water partition coefficient (Wildman–Crippen LogP) is 1.49. The highest BCUT2D eigenvalue weighted by molar-refractivity contribution is 6.28. The number of ether oxygens (including phenoxy) is 1. The molecule has 134 valence electrons. The molecule has 1 aliphatic rings. The lowest BCUT2D eigenvalue weighted by Gasteiger charge is -2.11. The second-order valence-electron chi connectivity index (χ2n) is 5.78. The molecule has 2 aromatic heterocycles. The number of carbonyl (C=O) groups excluding carboxylic acids is 4. The number of aromatic nitrogens is 3. The van der Waals surface area contributed by atoms with Crippen LogP contribution in [0, 0.1) is 0 Å². The highest BCUT2D eigenvalue weighted by Gasteiger charge is 2.34. The molecule has 0 aliphatic heterocycles. The summed E-state index contributed by atoms with van der Waals surface area (Å²) in [6.45, 7) is -0.135. The Labute approximate surface area is 151 Å². The van der Waals surface area contributed by atoms with E-state index >= 15 is 0 Å². The lowest BCUT2D eigenvalue weighted by Crippen LogP contribution is -2.18. The molecule has 0 amide bonds. The van der Waals surface area contributed by atoms with Gasteiger partial charge in [0.2, 0.25) is 11.6 Å². The van der Waals surface area contributed by atoms with Crippen LogP contribution in [0.25, 0.3) is 0 Å². The lowest BCUT2D eigenvalue weighted by molar-refractivity contribution is -0.143. The Kier molecular flexibility index (Phi) is 3.96. The van der Waals surface area contributed by atoms with Crippen LogP contribution in [-0.4, -0.2) is 38.7 Å². The summed E-state index contributed by atoms with van der Waals surface area (Å²) in [7, 11) is 0. The van der Waals surface area contributed by atoms with Crippen molar-refractivity contribution in [1.82, 2.24) is 15.4 Å².